The van der Waals surface area contributed by atoms with Crippen molar-refractivity contribution in [2.75, 3.05) is 5.32 Å². The molecule has 0 atom stereocenters. The lowest BCUT2D eigenvalue weighted by Gasteiger charge is -2.06. The Morgan fingerprint density at radius 1 is 1.10 bits per heavy atom. The predicted molar refractivity (Wildman–Crippen MR) is 128 cm³/mol. The number of benzene rings is 2. The molecule has 2 aromatic heterocycles. The third-order valence-electron chi connectivity index (χ3n) is 5.09. The lowest BCUT2D eigenvalue weighted by molar-refractivity contribution is 0.102. The molecule has 1 amide bonds. The van der Waals surface area contributed by atoms with Gasteiger partial charge in [-0.1, -0.05) is 49.2 Å². The number of carbonyl (C=O) groups excluding carboxylic acids is 1. The van der Waals surface area contributed by atoms with Crippen LogP contribution < -0.4 is 5.32 Å². The second kappa shape index (κ2) is 9.04. The third kappa shape index (κ3) is 4.55. The molecule has 4 rings (SSSR count). The molecule has 0 radical (unpaired) electrons. The number of aromatic nitrogens is 3. The molecule has 5 nitrogen and oxygen atoms in total. The van der Waals surface area contributed by atoms with Crippen LogP contribution in [0.3, 0.4) is 0 Å². The van der Waals surface area contributed by atoms with Crippen molar-refractivity contribution in [1.29, 1.82) is 0 Å². The standard InChI is InChI=1S/C24H23ClN4OS/c1-4-5-17-6-8-18(9-7-17)21-14-31-24(26-21)27-23(30)19-10-12-20(13-11-19)29-16(3)22(25)15(2)28-29/h6-14H,4-5H2,1-3H3,(H,26,27,30). The van der Waals surface area contributed by atoms with Crippen LogP contribution in [-0.2, 0) is 6.42 Å². The van der Waals surface area contributed by atoms with Crippen molar-refractivity contribution in [3.63, 3.8) is 0 Å². The van der Waals surface area contributed by atoms with E-state index in [1.54, 1.807) is 16.8 Å². The Bertz CT molecular complexity index is 1210. The molecular formula is C24H23ClN4OS. The van der Waals surface area contributed by atoms with Crippen LogP contribution in [0.5, 0.6) is 0 Å². The molecule has 0 bridgehead atoms. The average molecular weight is 451 g/mol. The van der Waals surface area contributed by atoms with Gasteiger partial charge in [-0.05, 0) is 50.1 Å². The topological polar surface area (TPSA) is 59.8 Å². The van der Waals surface area contributed by atoms with E-state index >= 15 is 0 Å². The number of hydrogen-bond acceptors (Lipinski definition) is 4. The third-order valence-corrected chi connectivity index (χ3v) is 6.39. The molecule has 0 aliphatic carbocycles. The molecular weight excluding hydrogens is 428 g/mol. The van der Waals surface area contributed by atoms with Gasteiger partial charge in [-0.3, -0.25) is 10.1 Å². The molecule has 0 fully saturated rings. The molecule has 0 saturated heterocycles. The Balaban J connectivity index is 1.45. The summed E-state index contributed by atoms with van der Waals surface area (Å²) < 4.78 is 1.78. The molecule has 4 aromatic rings. The minimum Gasteiger partial charge on any atom is -0.298 e. The molecule has 0 aliphatic rings. The maximum Gasteiger partial charge on any atom is 0.257 e. The maximum atomic E-state index is 12.7. The molecule has 7 heteroatoms. The molecule has 1 N–H and O–H groups in total. The summed E-state index contributed by atoms with van der Waals surface area (Å²) >= 11 is 7.65. The first-order chi connectivity index (χ1) is 15.0. The number of hydrogen-bond donors (Lipinski definition) is 1. The number of amides is 1. The van der Waals surface area contributed by atoms with E-state index in [1.807, 2.05) is 31.4 Å². The van der Waals surface area contributed by atoms with Gasteiger partial charge in [0.2, 0.25) is 0 Å². The summed E-state index contributed by atoms with van der Waals surface area (Å²) in [6, 6.07) is 15.7. The molecule has 31 heavy (non-hydrogen) atoms. The molecule has 0 aliphatic heterocycles. The van der Waals surface area contributed by atoms with Gasteiger partial charge in [0.25, 0.3) is 5.91 Å². The highest BCUT2D eigenvalue weighted by atomic mass is 35.5. The summed E-state index contributed by atoms with van der Waals surface area (Å²) in [5, 5.41) is 10.5. The average Bonchev–Trinajstić information content (AvgIpc) is 3.35. The van der Waals surface area contributed by atoms with Crippen LogP contribution in [0, 0.1) is 13.8 Å². The molecule has 0 spiro atoms. The van der Waals surface area contributed by atoms with E-state index < -0.39 is 0 Å². The van der Waals surface area contributed by atoms with E-state index in [0.717, 1.165) is 41.2 Å². The van der Waals surface area contributed by atoms with E-state index in [0.29, 0.717) is 15.7 Å². The Morgan fingerprint density at radius 2 is 1.81 bits per heavy atom. The van der Waals surface area contributed by atoms with Gasteiger partial charge in [0.1, 0.15) is 0 Å². The smallest absolute Gasteiger partial charge is 0.257 e. The van der Waals surface area contributed by atoms with Crippen LogP contribution in [-0.4, -0.2) is 20.7 Å². The van der Waals surface area contributed by atoms with E-state index in [2.05, 4.69) is 46.6 Å². The molecule has 2 heterocycles. The van der Waals surface area contributed by atoms with Crippen LogP contribution in [0.4, 0.5) is 5.13 Å². The fourth-order valence-electron chi connectivity index (χ4n) is 3.39. The minimum atomic E-state index is -0.197. The first-order valence-electron chi connectivity index (χ1n) is 10.1. The van der Waals surface area contributed by atoms with Crippen LogP contribution >= 0.6 is 22.9 Å². The number of carbonyl (C=O) groups is 1. The second-order valence-electron chi connectivity index (χ2n) is 7.38. The summed E-state index contributed by atoms with van der Waals surface area (Å²) in [5.41, 5.74) is 6.28. The van der Waals surface area contributed by atoms with Gasteiger partial charge >= 0.3 is 0 Å². The van der Waals surface area contributed by atoms with Crippen LogP contribution in [0.15, 0.2) is 53.9 Å². The summed E-state index contributed by atoms with van der Waals surface area (Å²) in [6.45, 7) is 5.96. The monoisotopic (exact) mass is 450 g/mol. The summed E-state index contributed by atoms with van der Waals surface area (Å²) in [5.74, 6) is -0.197. The van der Waals surface area contributed by atoms with Crippen LogP contribution in [0.1, 0.15) is 40.7 Å². The first-order valence-corrected chi connectivity index (χ1v) is 11.4. The maximum absolute atomic E-state index is 12.7. The number of nitrogens with one attached hydrogen (secondary N) is 1. The van der Waals surface area contributed by atoms with Gasteiger partial charge in [-0.25, -0.2) is 9.67 Å². The van der Waals surface area contributed by atoms with E-state index in [1.165, 1.54) is 16.9 Å². The predicted octanol–water partition coefficient (Wildman–Crippen LogP) is 6.47. The highest BCUT2D eigenvalue weighted by molar-refractivity contribution is 7.14. The highest BCUT2D eigenvalue weighted by Gasteiger charge is 2.13. The second-order valence-corrected chi connectivity index (χ2v) is 8.62. The van der Waals surface area contributed by atoms with Crippen molar-refractivity contribution in [2.45, 2.75) is 33.6 Å². The lowest BCUT2D eigenvalue weighted by Crippen LogP contribution is -2.12. The van der Waals surface area contributed by atoms with Crippen molar-refractivity contribution in [2.24, 2.45) is 0 Å². The normalized spacial score (nSPS) is 11.0. The van der Waals surface area contributed by atoms with Gasteiger partial charge in [-0.2, -0.15) is 5.10 Å². The Morgan fingerprint density at radius 3 is 2.42 bits per heavy atom. The zero-order chi connectivity index (χ0) is 22.0. The number of anilines is 1. The van der Waals surface area contributed by atoms with E-state index in [4.69, 9.17) is 11.6 Å². The summed E-state index contributed by atoms with van der Waals surface area (Å²) in [4.78, 5) is 17.2. The van der Waals surface area contributed by atoms with Crippen molar-refractivity contribution in [3.8, 4) is 16.9 Å². The van der Waals surface area contributed by atoms with Crippen molar-refractivity contribution >= 4 is 34.0 Å². The number of nitrogens with zero attached hydrogens (tertiary/aromatic N) is 3. The van der Waals surface area contributed by atoms with E-state index in [9.17, 15) is 4.79 Å². The van der Waals surface area contributed by atoms with Crippen molar-refractivity contribution < 1.29 is 4.79 Å². The SMILES string of the molecule is CCCc1ccc(-c2csc(NC(=O)c3ccc(-n4nc(C)c(Cl)c4C)cc3)n2)cc1. The quantitative estimate of drug-likeness (QED) is 0.366. The van der Waals surface area contributed by atoms with Crippen molar-refractivity contribution in [3.05, 3.63) is 81.4 Å². The molecule has 2 aromatic carbocycles. The van der Waals surface area contributed by atoms with Gasteiger partial charge in [0.05, 0.1) is 27.8 Å². The largest absolute Gasteiger partial charge is 0.298 e. The van der Waals surface area contributed by atoms with Crippen molar-refractivity contribution in [1.82, 2.24) is 14.8 Å². The number of aryl methyl sites for hydroxylation is 2. The Kier molecular flexibility index (Phi) is 6.20. The van der Waals surface area contributed by atoms with Gasteiger partial charge in [-0.15, -0.1) is 11.3 Å². The Labute approximate surface area is 190 Å². The fourth-order valence-corrected chi connectivity index (χ4v) is 4.23. The zero-order valence-corrected chi connectivity index (χ0v) is 19.2. The number of rotatable bonds is 6. The summed E-state index contributed by atoms with van der Waals surface area (Å²) in [6.07, 6.45) is 2.20. The van der Waals surface area contributed by atoms with Gasteiger partial charge in [0.15, 0.2) is 5.13 Å². The van der Waals surface area contributed by atoms with Crippen LogP contribution in [0.2, 0.25) is 5.02 Å². The molecule has 0 saturated carbocycles. The van der Waals surface area contributed by atoms with Crippen LogP contribution in [0.25, 0.3) is 16.9 Å². The summed E-state index contributed by atoms with van der Waals surface area (Å²) in [7, 11) is 0. The van der Waals surface area contributed by atoms with Gasteiger partial charge < -0.3 is 0 Å². The minimum absolute atomic E-state index is 0.197. The lowest BCUT2D eigenvalue weighted by atomic mass is 10.1. The molecule has 0 unspecified atom stereocenters. The first kappa shape index (κ1) is 21.3. The zero-order valence-electron chi connectivity index (χ0n) is 17.6. The van der Waals surface area contributed by atoms with E-state index in [-0.39, 0.29) is 5.91 Å². The number of halogens is 1. The fraction of sp³-hybridized carbons (Fsp3) is 0.208. The molecule has 158 valence electrons. The Hall–Kier alpha value is -2.96. The van der Waals surface area contributed by atoms with Gasteiger partial charge in [0, 0.05) is 16.5 Å². The highest BCUT2D eigenvalue weighted by Crippen LogP contribution is 2.26. The number of thiazole rings is 1.